The molecule has 1 heterocycles. The first-order valence-corrected chi connectivity index (χ1v) is 11.3. The van der Waals surface area contributed by atoms with E-state index in [9.17, 15) is 9.18 Å². The number of carbonyl (C=O) groups is 1. The van der Waals surface area contributed by atoms with Gasteiger partial charge in [0.2, 0.25) is 0 Å². The van der Waals surface area contributed by atoms with Crippen LogP contribution in [0.3, 0.4) is 0 Å². The summed E-state index contributed by atoms with van der Waals surface area (Å²) in [7, 11) is 0. The number of carboxylic acids is 1. The zero-order valence-corrected chi connectivity index (χ0v) is 20.1. The normalized spacial score (nSPS) is 12.9. The molecule has 0 amide bonds. The molecule has 0 saturated heterocycles. The van der Waals surface area contributed by atoms with Crippen LogP contribution < -0.4 is 4.74 Å². The number of ether oxygens (including phenoxy) is 1. The molecule has 178 valence electrons. The molecular weight excluding hydrogens is 431 g/mol. The number of hydrogen-bond acceptors (Lipinski definition) is 3. The van der Waals surface area contributed by atoms with E-state index in [4.69, 9.17) is 14.8 Å². The molecular formula is C28H31FN2O3. The maximum Gasteiger partial charge on any atom is 0.335 e. The zero-order chi connectivity index (χ0) is 24.7. The highest BCUT2D eigenvalue weighted by Crippen LogP contribution is 2.22. The number of allylic oxidation sites excluding steroid dienone is 6. The lowest BCUT2D eigenvalue weighted by Gasteiger charge is -2.12. The summed E-state index contributed by atoms with van der Waals surface area (Å²) in [5.74, 6) is 0.399. The zero-order valence-electron chi connectivity index (χ0n) is 20.1. The summed E-state index contributed by atoms with van der Waals surface area (Å²) in [5, 5.41) is 9.08. The van der Waals surface area contributed by atoms with Crippen molar-refractivity contribution in [2.24, 2.45) is 0 Å². The number of benzene rings is 2. The number of aromatic carboxylic acids is 1. The number of aryl methyl sites for hydroxylation is 2. The van der Waals surface area contributed by atoms with E-state index in [1.807, 2.05) is 39.8 Å². The van der Waals surface area contributed by atoms with Crippen LogP contribution in [0.25, 0.3) is 11.0 Å². The molecule has 0 saturated carbocycles. The number of halogens is 1. The van der Waals surface area contributed by atoms with Crippen LogP contribution in [0.15, 0.2) is 77.4 Å². The number of carboxylic acid groups (broad SMARTS) is 1. The minimum Gasteiger partial charge on any atom is -0.486 e. The summed E-state index contributed by atoms with van der Waals surface area (Å²) in [6.07, 6.45) is 6.66. The monoisotopic (exact) mass is 462 g/mol. The van der Waals surface area contributed by atoms with E-state index >= 15 is 0 Å². The van der Waals surface area contributed by atoms with Crippen molar-refractivity contribution in [3.63, 3.8) is 0 Å². The van der Waals surface area contributed by atoms with Gasteiger partial charge in [0.1, 0.15) is 24.9 Å². The number of fused-ring (bicyclic) bond motifs is 1. The highest BCUT2D eigenvalue weighted by Gasteiger charge is 2.13. The van der Waals surface area contributed by atoms with E-state index in [0.717, 1.165) is 40.0 Å². The Labute approximate surface area is 199 Å². The Morgan fingerprint density at radius 2 is 1.88 bits per heavy atom. The standard InChI is InChI=1S/C28H31FN2O3/c1-5-21(16-20(4)22(6-2)17-29)13-14-31-26-12-7-19(3)15-25(26)30-27(31)18-34-24-10-8-23(9-11-24)28(32)33/h5-12,15-16H,13-14,17-18H2,1-4H3,(H,32,33)/b20-16-,21-5-,22-6-. The maximum absolute atomic E-state index is 13.2. The number of hydrogen-bond donors (Lipinski definition) is 1. The molecule has 0 aliphatic carbocycles. The molecule has 0 unspecified atom stereocenters. The molecule has 34 heavy (non-hydrogen) atoms. The van der Waals surface area contributed by atoms with Gasteiger partial charge in [-0.2, -0.15) is 0 Å². The summed E-state index contributed by atoms with van der Waals surface area (Å²) >= 11 is 0. The fraction of sp³-hybridized carbons (Fsp3) is 0.286. The Hall–Kier alpha value is -3.67. The SMILES string of the molecule is C\C=C(/C=C(C)\C(=C/C)CF)CCn1c(COc2ccc(C(=O)O)cc2)nc2cc(C)ccc21. The van der Waals surface area contributed by atoms with E-state index in [-0.39, 0.29) is 12.2 Å². The van der Waals surface area contributed by atoms with Crippen molar-refractivity contribution in [2.75, 3.05) is 6.67 Å². The van der Waals surface area contributed by atoms with Gasteiger partial charge in [0.15, 0.2) is 0 Å². The molecule has 1 N–H and O–H groups in total. The molecule has 0 aliphatic heterocycles. The predicted molar refractivity (Wildman–Crippen MR) is 134 cm³/mol. The third-order valence-electron chi connectivity index (χ3n) is 5.85. The molecule has 0 fully saturated rings. The van der Waals surface area contributed by atoms with Crippen LogP contribution in [0.1, 0.15) is 48.9 Å². The Morgan fingerprint density at radius 3 is 2.50 bits per heavy atom. The van der Waals surface area contributed by atoms with Gasteiger partial charge in [-0.15, -0.1) is 0 Å². The number of alkyl halides is 1. The van der Waals surface area contributed by atoms with Crippen LogP contribution >= 0.6 is 0 Å². The van der Waals surface area contributed by atoms with Crippen LogP contribution in [-0.4, -0.2) is 27.3 Å². The summed E-state index contributed by atoms with van der Waals surface area (Å²) < 4.78 is 21.3. The molecule has 3 aromatic rings. The minimum atomic E-state index is -0.971. The highest BCUT2D eigenvalue weighted by molar-refractivity contribution is 5.87. The number of aromatic nitrogens is 2. The Balaban J connectivity index is 1.83. The molecule has 0 bridgehead atoms. The first kappa shape index (κ1) is 25.0. The summed E-state index contributed by atoms with van der Waals surface area (Å²) in [6.45, 7) is 8.28. The van der Waals surface area contributed by atoms with Crippen molar-refractivity contribution in [3.8, 4) is 5.75 Å². The van der Waals surface area contributed by atoms with Gasteiger partial charge in [0, 0.05) is 6.54 Å². The van der Waals surface area contributed by atoms with Crippen LogP contribution in [0.4, 0.5) is 4.39 Å². The number of imidazole rings is 1. The predicted octanol–water partition coefficient (Wildman–Crippen LogP) is 6.82. The summed E-state index contributed by atoms with van der Waals surface area (Å²) in [4.78, 5) is 15.9. The quantitative estimate of drug-likeness (QED) is 0.336. The summed E-state index contributed by atoms with van der Waals surface area (Å²) in [6, 6.07) is 12.5. The molecule has 1 aromatic heterocycles. The van der Waals surface area contributed by atoms with Gasteiger partial charge in [-0.25, -0.2) is 14.2 Å². The molecule has 2 aromatic carbocycles. The van der Waals surface area contributed by atoms with Gasteiger partial charge in [-0.1, -0.05) is 29.9 Å². The molecule has 5 nitrogen and oxygen atoms in total. The van der Waals surface area contributed by atoms with E-state index in [0.29, 0.717) is 17.9 Å². The summed E-state index contributed by atoms with van der Waals surface area (Å²) in [5.41, 5.74) is 6.03. The molecule has 3 rings (SSSR count). The van der Waals surface area contributed by atoms with Crippen LogP contribution in [0, 0.1) is 6.92 Å². The lowest BCUT2D eigenvalue weighted by Crippen LogP contribution is -2.08. The van der Waals surface area contributed by atoms with Gasteiger partial charge in [-0.05, 0) is 87.2 Å². The van der Waals surface area contributed by atoms with Crippen molar-refractivity contribution in [3.05, 3.63) is 94.4 Å². The molecule has 0 spiro atoms. The smallest absolute Gasteiger partial charge is 0.335 e. The second-order valence-corrected chi connectivity index (χ2v) is 8.18. The third kappa shape index (κ3) is 6.01. The second kappa shape index (κ2) is 11.5. The fourth-order valence-corrected chi connectivity index (χ4v) is 3.81. The van der Waals surface area contributed by atoms with Crippen molar-refractivity contribution in [1.29, 1.82) is 0 Å². The molecule has 0 aliphatic rings. The van der Waals surface area contributed by atoms with Crippen molar-refractivity contribution in [2.45, 2.75) is 47.3 Å². The van der Waals surface area contributed by atoms with Crippen LogP contribution in [0.2, 0.25) is 0 Å². The number of rotatable bonds is 10. The van der Waals surface area contributed by atoms with E-state index < -0.39 is 12.6 Å². The Bertz CT molecular complexity index is 1250. The van der Waals surface area contributed by atoms with Crippen LogP contribution in [0.5, 0.6) is 5.75 Å². The maximum atomic E-state index is 13.2. The second-order valence-electron chi connectivity index (χ2n) is 8.18. The Morgan fingerprint density at radius 1 is 1.15 bits per heavy atom. The van der Waals surface area contributed by atoms with Gasteiger partial charge in [-0.3, -0.25) is 0 Å². The lowest BCUT2D eigenvalue weighted by molar-refractivity contribution is 0.0697. The topological polar surface area (TPSA) is 64.3 Å². The largest absolute Gasteiger partial charge is 0.486 e. The highest BCUT2D eigenvalue weighted by atomic mass is 19.1. The minimum absolute atomic E-state index is 0.214. The van der Waals surface area contributed by atoms with Crippen LogP contribution in [-0.2, 0) is 13.2 Å². The van der Waals surface area contributed by atoms with Crippen molar-refractivity contribution in [1.82, 2.24) is 9.55 Å². The van der Waals surface area contributed by atoms with Gasteiger partial charge >= 0.3 is 5.97 Å². The number of nitrogens with zero attached hydrogens (tertiary/aromatic N) is 2. The van der Waals surface area contributed by atoms with E-state index in [1.54, 1.807) is 12.1 Å². The first-order valence-electron chi connectivity index (χ1n) is 11.3. The molecule has 0 atom stereocenters. The van der Waals surface area contributed by atoms with Gasteiger partial charge < -0.3 is 14.4 Å². The fourth-order valence-electron chi connectivity index (χ4n) is 3.81. The Kier molecular flexibility index (Phi) is 8.41. The lowest BCUT2D eigenvalue weighted by atomic mass is 10.0. The average molecular weight is 463 g/mol. The molecule has 0 radical (unpaired) electrons. The van der Waals surface area contributed by atoms with E-state index in [2.05, 4.69) is 28.8 Å². The first-order chi connectivity index (χ1) is 16.4. The van der Waals surface area contributed by atoms with E-state index in [1.165, 1.54) is 12.1 Å². The average Bonchev–Trinajstić information content (AvgIpc) is 3.17. The van der Waals surface area contributed by atoms with Crippen molar-refractivity contribution < 1.29 is 19.0 Å². The third-order valence-corrected chi connectivity index (χ3v) is 5.85. The van der Waals surface area contributed by atoms with Gasteiger partial charge in [0.25, 0.3) is 0 Å². The van der Waals surface area contributed by atoms with Crippen molar-refractivity contribution >= 4 is 17.0 Å². The van der Waals surface area contributed by atoms with Gasteiger partial charge in [0.05, 0.1) is 16.6 Å². The molecule has 6 heteroatoms.